The summed E-state index contributed by atoms with van der Waals surface area (Å²) < 4.78 is 0. The summed E-state index contributed by atoms with van der Waals surface area (Å²) in [7, 11) is 0. The highest BCUT2D eigenvalue weighted by atomic mass is 16.6. The third-order valence-electron chi connectivity index (χ3n) is 8.87. The van der Waals surface area contributed by atoms with Gasteiger partial charge in [-0.15, -0.1) is 0 Å². The van der Waals surface area contributed by atoms with Crippen LogP contribution < -0.4 is 5.73 Å². The highest BCUT2D eigenvalue weighted by molar-refractivity contribution is 5.85. The van der Waals surface area contributed by atoms with Crippen LogP contribution in [0.3, 0.4) is 0 Å². The van der Waals surface area contributed by atoms with E-state index in [0.717, 1.165) is 50.7 Å². The van der Waals surface area contributed by atoms with Gasteiger partial charge in [-0.1, -0.05) is 19.0 Å². The first kappa shape index (κ1) is 18.7. The SMILES string of the molecule is C[C@]12CCC3C(C[C@H](O)[C@H]4CC(=NOCCN)CC[C@]34C)C1CC[C@@H]2O. The number of rotatable bonds is 3. The Morgan fingerprint density at radius 3 is 2.62 bits per heavy atom. The molecule has 0 spiro atoms. The van der Waals surface area contributed by atoms with Crippen molar-refractivity contribution in [2.24, 2.45) is 45.4 Å². The van der Waals surface area contributed by atoms with Gasteiger partial charge < -0.3 is 20.8 Å². The quantitative estimate of drug-likeness (QED) is 0.531. The maximum absolute atomic E-state index is 11.1. The van der Waals surface area contributed by atoms with Gasteiger partial charge in [-0.25, -0.2) is 0 Å². The van der Waals surface area contributed by atoms with Crippen LogP contribution in [0.4, 0.5) is 0 Å². The van der Waals surface area contributed by atoms with Crippen LogP contribution in [0.5, 0.6) is 0 Å². The van der Waals surface area contributed by atoms with Gasteiger partial charge >= 0.3 is 0 Å². The molecule has 26 heavy (non-hydrogen) atoms. The summed E-state index contributed by atoms with van der Waals surface area (Å²) >= 11 is 0. The largest absolute Gasteiger partial charge is 0.395 e. The zero-order valence-electron chi connectivity index (χ0n) is 16.4. The van der Waals surface area contributed by atoms with Crippen molar-refractivity contribution in [1.29, 1.82) is 0 Å². The Balaban J connectivity index is 1.55. The summed E-state index contributed by atoms with van der Waals surface area (Å²) in [5, 5.41) is 26.0. The average Bonchev–Trinajstić information content (AvgIpc) is 2.92. The van der Waals surface area contributed by atoms with Crippen molar-refractivity contribution in [1.82, 2.24) is 0 Å². The minimum Gasteiger partial charge on any atom is -0.395 e. The van der Waals surface area contributed by atoms with E-state index in [9.17, 15) is 10.2 Å². The molecular weight excluding hydrogens is 328 g/mol. The highest BCUT2D eigenvalue weighted by Gasteiger charge is 2.61. The molecular formula is C21H36N2O3. The Labute approximate surface area is 157 Å². The van der Waals surface area contributed by atoms with E-state index in [1.165, 1.54) is 6.42 Å². The Kier molecular flexibility index (Phi) is 4.85. The first-order valence-electron chi connectivity index (χ1n) is 10.6. The molecule has 4 aliphatic carbocycles. The number of aliphatic hydroxyl groups is 2. The Hall–Kier alpha value is -0.650. The fourth-order valence-electron chi connectivity index (χ4n) is 7.35. The second kappa shape index (κ2) is 6.75. The van der Waals surface area contributed by atoms with Crippen molar-refractivity contribution in [3.8, 4) is 0 Å². The fourth-order valence-corrected chi connectivity index (χ4v) is 7.35. The first-order valence-corrected chi connectivity index (χ1v) is 10.6. The molecule has 0 saturated heterocycles. The average molecular weight is 365 g/mol. The van der Waals surface area contributed by atoms with Gasteiger partial charge in [-0.2, -0.15) is 0 Å². The van der Waals surface area contributed by atoms with Gasteiger partial charge in [-0.3, -0.25) is 0 Å². The summed E-state index contributed by atoms with van der Waals surface area (Å²) in [6.07, 6.45) is 7.81. The van der Waals surface area contributed by atoms with Gasteiger partial charge in [0.1, 0.15) is 6.61 Å². The lowest BCUT2D eigenvalue weighted by Crippen LogP contribution is -2.58. The summed E-state index contributed by atoms with van der Waals surface area (Å²) in [6.45, 7) is 5.66. The predicted molar refractivity (Wildman–Crippen MR) is 102 cm³/mol. The monoisotopic (exact) mass is 364 g/mol. The molecule has 0 aromatic rings. The number of aliphatic hydroxyl groups excluding tert-OH is 2. The lowest BCUT2D eigenvalue weighted by atomic mass is 9.44. The van der Waals surface area contributed by atoms with Crippen molar-refractivity contribution in [2.75, 3.05) is 13.2 Å². The second-order valence-electron chi connectivity index (χ2n) is 9.91. The molecule has 0 amide bonds. The van der Waals surface area contributed by atoms with Gasteiger partial charge in [-0.05, 0) is 85.9 Å². The summed E-state index contributed by atoms with van der Waals surface area (Å²) in [5.41, 5.74) is 6.83. The van der Waals surface area contributed by atoms with Crippen molar-refractivity contribution in [2.45, 2.75) is 77.4 Å². The molecule has 4 aliphatic rings. The van der Waals surface area contributed by atoms with E-state index in [1.54, 1.807) is 0 Å². The van der Waals surface area contributed by atoms with Gasteiger partial charge in [0.15, 0.2) is 0 Å². The molecule has 4 fully saturated rings. The fraction of sp³-hybridized carbons (Fsp3) is 0.952. The molecule has 0 radical (unpaired) electrons. The standard InChI is InChI=1S/C21H36N2O3/c1-20-7-5-13(23-26-10-9-22)11-17(20)18(24)12-14-15-3-4-19(25)21(15,2)8-6-16(14)20/h14-19,24-25H,3-12,22H2,1-2H3/t14?,15?,16?,17-,18+,19+,20-,21+/m1/s1. The van der Waals surface area contributed by atoms with Crippen molar-refractivity contribution >= 4 is 5.71 Å². The van der Waals surface area contributed by atoms with Gasteiger partial charge in [0.05, 0.1) is 17.9 Å². The van der Waals surface area contributed by atoms with Crippen LogP contribution in [-0.2, 0) is 4.84 Å². The Morgan fingerprint density at radius 2 is 1.85 bits per heavy atom. The molecule has 0 bridgehead atoms. The van der Waals surface area contributed by atoms with Crippen molar-refractivity contribution in [3.05, 3.63) is 0 Å². The number of nitrogens with two attached hydrogens (primary N) is 1. The van der Waals surface area contributed by atoms with E-state index >= 15 is 0 Å². The molecule has 0 heterocycles. The van der Waals surface area contributed by atoms with Crippen LogP contribution in [0.1, 0.15) is 65.2 Å². The molecule has 4 saturated carbocycles. The lowest BCUT2D eigenvalue weighted by Gasteiger charge is -2.61. The number of oxime groups is 1. The minimum absolute atomic E-state index is 0.0709. The van der Waals surface area contributed by atoms with Crippen molar-refractivity contribution < 1.29 is 15.1 Å². The van der Waals surface area contributed by atoms with E-state index in [2.05, 4.69) is 19.0 Å². The molecule has 4 rings (SSSR count). The van der Waals surface area contributed by atoms with Crippen LogP contribution in [-0.4, -0.2) is 41.3 Å². The number of nitrogens with zero attached hydrogens (tertiary/aromatic N) is 1. The van der Waals surface area contributed by atoms with Gasteiger partial charge in [0.2, 0.25) is 0 Å². The zero-order valence-corrected chi connectivity index (χ0v) is 16.4. The van der Waals surface area contributed by atoms with Crippen LogP contribution >= 0.6 is 0 Å². The predicted octanol–water partition coefficient (Wildman–Crippen LogP) is 2.69. The summed E-state index contributed by atoms with van der Waals surface area (Å²) in [5.74, 6) is 2.10. The molecule has 4 N–H and O–H groups in total. The summed E-state index contributed by atoms with van der Waals surface area (Å²) in [4.78, 5) is 5.31. The zero-order chi connectivity index (χ0) is 18.5. The molecule has 0 aromatic heterocycles. The number of fused-ring (bicyclic) bond motifs is 5. The Bertz CT molecular complexity index is 567. The number of hydrogen-bond acceptors (Lipinski definition) is 5. The van der Waals surface area contributed by atoms with Crippen LogP contribution in [0.25, 0.3) is 0 Å². The highest BCUT2D eigenvalue weighted by Crippen LogP contribution is 2.65. The molecule has 5 heteroatoms. The molecule has 0 aromatic carbocycles. The van der Waals surface area contributed by atoms with Gasteiger partial charge in [0.25, 0.3) is 0 Å². The second-order valence-corrected chi connectivity index (χ2v) is 9.91. The normalized spacial score (nSPS) is 52.3. The smallest absolute Gasteiger partial charge is 0.129 e. The van der Waals surface area contributed by atoms with Gasteiger partial charge in [0, 0.05) is 6.54 Å². The third-order valence-corrected chi connectivity index (χ3v) is 8.87. The lowest BCUT2D eigenvalue weighted by molar-refractivity contribution is -0.153. The van der Waals surface area contributed by atoms with E-state index in [0.29, 0.717) is 30.9 Å². The Morgan fingerprint density at radius 1 is 1.08 bits per heavy atom. The molecule has 8 atom stereocenters. The van der Waals surface area contributed by atoms with E-state index in [-0.39, 0.29) is 29.0 Å². The van der Waals surface area contributed by atoms with Crippen molar-refractivity contribution in [3.63, 3.8) is 0 Å². The summed E-state index contributed by atoms with van der Waals surface area (Å²) in [6, 6.07) is 0. The maximum atomic E-state index is 11.1. The van der Waals surface area contributed by atoms with E-state index in [4.69, 9.17) is 10.6 Å². The topological polar surface area (TPSA) is 88.1 Å². The molecule has 148 valence electrons. The van der Waals surface area contributed by atoms with E-state index in [1.807, 2.05) is 0 Å². The maximum Gasteiger partial charge on any atom is 0.129 e. The molecule has 5 nitrogen and oxygen atoms in total. The van der Waals surface area contributed by atoms with Crippen LogP contribution in [0, 0.1) is 34.5 Å². The van der Waals surface area contributed by atoms with Crippen LogP contribution in [0.2, 0.25) is 0 Å². The molecule has 0 aliphatic heterocycles. The number of hydrogen-bond donors (Lipinski definition) is 3. The van der Waals surface area contributed by atoms with Crippen LogP contribution in [0.15, 0.2) is 5.16 Å². The third kappa shape index (κ3) is 2.73. The molecule has 3 unspecified atom stereocenters. The minimum atomic E-state index is -0.263. The first-order chi connectivity index (χ1) is 12.4. The van der Waals surface area contributed by atoms with E-state index < -0.39 is 0 Å².